The first-order chi connectivity index (χ1) is 8.19. The van der Waals surface area contributed by atoms with Gasteiger partial charge in [0.15, 0.2) is 0 Å². The molecule has 3 atom stereocenters. The van der Waals surface area contributed by atoms with Crippen LogP contribution in [0.1, 0.15) is 65.2 Å². The molecule has 0 aromatic carbocycles. The molecule has 3 nitrogen and oxygen atoms in total. The van der Waals surface area contributed by atoms with Crippen LogP contribution in [0, 0.1) is 5.92 Å². The normalized spacial score (nSPS) is 25.8. The van der Waals surface area contributed by atoms with Gasteiger partial charge in [0.2, 0.25) is 5.91 Å². The van der Waals surface area contributed by atoms with Gasteiger partial charge in [0.1, 0.15) is 0 Å². The molecule has 1 rings (SSSR count). The largest absolute Gasteiger partial charge is 0.352 e. The Bertz CT molecular complexity index is 230. The van der Waals surface area contributed by atoms with E-state index in [1.54, 1.807) is 0 Å². The van der Waals surface area contributed by atoms with Gasteiger partial charge in [-0.25, -0.2) is 0 Å². The summed E-state index contributed by atoms with van der Waals surface area (Å²) in [4.78, 5) is 11.9. The predicted molar refractivity (Wildman–Crippen MR) is 71.7 cm³/mol. The zero-order chi connectivity index (χ0) is 12.7. The van der Waals surface area contributed by atoms with E-state index in [4.69, 9.17) is 5.73 Å². The second kappa shape index (κ2) is 7.70. The molecule has 0 spiro atoms. The number of carbonyl (C=O) groups is 1. The van der Waals surface area contributed by atoms with Gasteiger partial charge < -0.3 is 11.1 Å². The Morgan fingerprint density at radius 3 is 2.76 bits per heavy atom. The third kappa shape index (κ3) is 4.66. The molecule has 3 N–H and O–H groups in total. The fraction of sp³-hybridized carbons (Fsp3) is 0.929. The maximum Gasteiger partial charge on any atom is 0.237 e. The topological polar surface area (TPSA) is 55.1 Å². The molecule has 1 aliphatic rings. The van der Waals surface area contributed by atoms with E-state index in [2.05, 4.69) is 19.2 Å². The lowest BCUT2D eigenvalue weighted by Gasteiger charge is -2.22. The summed E-state index contributed by atoms with van der Waals surface area (Å²) in [6, 6.07) is 0.0735. The van der Waals surface area contributed by atoms with E-state index in [1.807, 2.05) is 0 Å². The highest BCUT2D eigenvalue weighted by Gasteiger charge is 2.28. The summed E-state index contributed by atoms with van der Waals surface area (Å²) in [5.41, 5.74) is 5.84. The van der Waals surface area contributed by atoms with Gasteiger partial charge in [-0.05, 0) is 31.6 Å². The molecule has 100 valence electrons. The minimum atomic E-state index is -0.313. The lowest BCUT2D eigenvalue weighted by Crippen LogP contribution is -2.46. The number of amides is 1. The molecular formula is C14H28N2O. The second-order valence-corrected chi connectivity index (χ2v) is 5.34. The molecule has 3 unspecified atom stereocenters. The Morgan fingerprint density at radius 2 is 2.12 bits per heavy atom. The number of hydrogen-bond donors (Lipinski definition) is 2. The van der Waals surface area contributed by atoms with Crippen molar-refractivity contribution in [2.24, 2.45) is 11.7 Å². The van der Waals surface area contributed by atoms with Gasteiger partial charge in [-0.1, -0.05) is 39.5 Å². The highest BCUT2D eigenvalue weighted by molar-refractivity contribution is 5.81. The molecule has 3 heteroatoms. The van der Waals surface area contributed by atoms with Crippen molar-refractivity contribution in [3.8, 4) is 0 Å². The van der Waals surface area contributed by atoms with Crippen LogP contribution in [0.5, 0.6) is 0 Å². The molecule has 17 heavy (non-hydrogen) atoms. The summed E-state index contributed by atoms with van der Waals surface area (Å²) in [5.74, 6) is 0.743. The Hall–Kier alpha value is -0.570. The molecular weight excluding hydrogens is 212 g/mol. The number of carbonyl (C=O) groups excluding carboxylic acids is 1. The minimum Gasteiger partial charge on any atom is -0.352 e. The first kappa shape index (κ1) is 14.5. The van der Waals surface area contributed by atoms with Gasteiger partial charge >= 0.3 is 0 Å². The van der Waals surface area contributed by atoms with Crippen molar-refractivity contribution in [1.29, 1.82) is 0 Å². The first-order valence-corrected chi connectivity index (χ1v) is 7.25. The van der Waals surface area contributed by atoms with Crippen LogP contribution in [0.15, 0.2) is 0 Å². The van der Waals surface area contributed by atoms with E-state index in [0.29, 0.717) is 12.0 Å². The van der Waals surface area contributed by atoms with Crippen molar-refractivity contribution in [2.45, 2.75) is 77.3 Å². The van der Waals surface area contributed by atoms with E-state index >= 15 is 0 Å². The fourth-order valence-electron chi connectivity index (χ4n) is 2.77. The zero-order valence-corrected chi connectivity index (χ0v) is 11.4. The number of nitrogens with two attached hydrogens (primary N) is 1. The molecule has 1 fully saturated rings. The Labute approximate surface area is 106 Å². The maximum absolute atomic E-state index is 11.9. The highest BCUT2D eigenvalue weighted by atomic mass is 16.2. The molecule has 0 aliphatic heterocycles. The van der Waals surface area contributed by atoms with Crippen LogP contribution in [0.25, 0.3) is 0 Å². The lowest BCUT2D eigenvalue weighted by atomic mass is 9.96. The SMILES string of the molecule is CCCCC1CCCC1NC(=O)C(N)CCC. The number of hydrogen-bond acceptors (Lipinski definition) is 2. The number of nitrogens with one attached hydrogen (secondary N) is 1. The van der Waals surface area contributed by atoms with Crippen molar-refractivity contribution in [3.05, 3.63) is 0 Å². The van der Waals surface area contributed by atoms with Crippen molar-refractivity contribution < 1.29 is 4.79 Å². The standard InChI is InChI=1S/C14H28N2O/c1-3-5-8-11-9-6-10-13(11)16-14(17)12(15)7-4-2/h11-13H,3-10,15H2,1-2H3,(H,16,17). The molecule has 1 aliphatic carbocycles. The summed E-state index contributed by atoms with van der Waals surface area (Å²) in [5, 5.41) is 3.16. The van der Waals surface area contributed by atoms with Crippen molar-refractivity contribution >= 4 is 5.91 Å². The third-order valence-electron chi connectivity index (χ3n) is 3.85. The van der Waals surface area contributed by atoms with Crippen LogP contribution in [0.4, 0.5) is 0 Å². The fourth-order valence-corrected chi connectivity index (χ4v) is 2.77. The molecule has 0 heterocycles. The van der Waals surface area contributed by atoms with Gasteiger partial charge in [-0.15, -0.1) is 0 Å². The molecule has 0 bridgehead atoms. The number of rotatable bonds is 7. The predicted octanol–water partition coefficient (Wildman–Crippen LogP) is 2.59. The molecule has 0 aromatic heterocycles. The van der Waals surface area contributed by atoms with Crippen molar-refractivity contribution in [3.63, 3.8) is 0 Å². The zero-order valence-electron chi connectivity index (χ0n) is 11.4. The molecule has 0 saturated heterocycles. The summed E-state index contributed by atoms with van der Waals surface area (Å²) in [6.07, 6.45) is 9.20. The van der Waals surface area contributed by atoms with Gasteiger partial charge in [-0.3, -0.25) is 4.79 Å². The summed E-state index contributed by atoms with van der Waals surface area (Å²) in [7, 11) is 0. The average Bonchev–Trinajstić information content (AvgIpc) is 2.74. The minimum absolute atomic E-state index is 0.0558. The van der Waals surface area contributed by atoms with Crippen molar-refractivity contribution in [2.75, 3.05) is 0 Å². The molecule has 1 saturated carbocycles. The van der Waals surface area contributed by atoms with Gasteiger partial charge in [-0.2, -0.15) is 0 Å². The van der Waals surface area contributed by atoms with E-state index < -0.39 is 0 Å². The van der Waals surface area contributed by atoms with Crippen LogP contribution in [0.3, 0.4) is 0 Å². The average molecular weight is 240 g/mol. The van der Waals surface area contributed by atoms with Gasteiger partial charge in [0.05, 0.1) is 6.04 Å². The van der Waals surface area contributed by atoms with Crippen LogP contribution in [0.2, 0.25) is 0 Å². The van der Waals surface area contributed by atoms with Crippen LogP contribution >= 0.6 is 0 Å². The molecule has 0 aromatic rings. The monoisotopic (exact) mass is 240 g/mol. The van der Waals surface area contributed by atoms with Crippen LogP contribution < -0.4 is 11.1 Å². The van der Waals surface area contributed by atoms with Crippen LogP contribution in [-0.4, -0.2) is 18.0 Å². The second-order valence-electron chi connectivity index (χ2n) is 5.34. The van der Waals surface area contributed by atoms with E-state index in [9.17, 15) is 4.79 Å². The summed E-state index contributed by atoms with van der Waals surface area (Å²) in [6.45, 7) is 4.28. The van der Waals surface area contributed by atoms with E-state index in [1.165, 1.54) is 32.1 Å². The quantitative estimate of drug-likeness (QED) is 0.718. The van der Waals surface area contributed by atoms with Crippen molar-refractivity contribution in [1.82, 2.24) is 5.32 Å². The van der Waals surface area contributed by atoms with Crippen LogP contribution in [-0.2, 0) is 4.79 Å². The lowest BCUT2D eigenvalue weighted by molar-refractivity contribution is -0.123. The van der Waals surface area contributed by atoms with E-state index in [0.717, 1.165) is 19.3 Å². The molecule has 0 radical (unpaired) electrons. The van der Waals surface area contributed by atoms with Gasteiger partial charge in [0.25, 0.3) is 0 Å². The maximum atomic E-state index is 11.9. The Kier molecular flexibility index (Phi) is 6.56. The van der Waals surface area contributed by atoms with E-state index in [-0.39, 0.29) is 11.9 Å². The first-order valence-electron chi connectivity index (χ1n) is 7.25. The number of unbranched alkanes of at least 4 members (excludes halogenated alkanes) is 1. The summed E-state index contributed by atoms with van der Waals surface area (Å²) < 4.78 is 0. The summed E-state index contributed by atoms with van der Waals surface area (Å²) >= 11 is 0. The smallest absolute Gasteiger partial charge is 0.237 e. The molecule has 1 amide bonds. The highest BCUT2D eigenvalue weighted by Crippen LogP contribution is 2.29. The van der Waals surface area contributed by atoms with Gasteiger partial charge in [0, 0.05) is 6.04 Å². The Morgan fingerprint density at radius 1 is 1.35 bits per heavy atom. The third-order valence-corrected chi connectivity index (χ3v) is 3.85. The Balaban J connectivity index is 2.35.